The number of carbonyl (C=O) groups excluding carboxylic acids is 2. The molecule has 0 aliphatic heterocycles. The van der Waals surface area contributed by atoms with Gasteiger partial charge in [-0.3, -0.25) is 9.59 Å². The van der Waals surface area contributed by atoms with E-state index in [2.05, 4.69) is 11.4 Å². The van der Waals surface area contributed by atoms with Crippen molar-refractivity contribution in [3.05, 3.63) is 29.8 Å². The number of aryl methyl sites for hydroxylation is 1. The molecule has 1 aliphatic carbocycles. The Kier molecular flexibility index (Phi) is 7.46. The van der Waals surface area contributed by atoms with E-state index in [4.69, 9.17) is 9.47 Å². The highest BCUT2D eigenvalue weighted by Gasteiger charge is 2.33. The molecule has 140 valence electrons. The van der Waals surface area contributed by atoms with Crippen molar-refractivity contribution in [3.63, 3.8) is 0 Å². The highest BCUT2D eigenvalue weighted by Crippen LogP contribution is 2.27. The van der Waals surface area contributed by atoms with Crippen molar-refractivity contribution in [2.75, 3.05) is 13.2 Å². The van der Waals surface area contributed by atoms with Crippen molar-refractivity contribution in [2.24, 2.45) is 0 Å². The van der Waals surface area contributed by atoms with E-state index in [1.807, 2.05) is 31.2 Å². The molecule has 0 bridgehead atoms. The number of nitrogens with one attached hydrogen (secondary N) is 1. The van der Waals surface area contributed by atoms with Crippen LogP contribution in [0.5, 0.6) is 5.75 Å². The van der Waals surface area contributed by atoms with Crippen LogP contribution in [0.2, 0.25) is 0 Å². The molecule has 6 heteroatoms. The lowest BCUT2D eigenvalue weighted by Gasteiger charge is -2.31. The van der Waals surface area contributed by atoms with Crippen molar-refractivity contribution in [1.82, 2.24) is 5.32 Å². The van der Waals surface area contributed by atoms with Crippen LogP contribution in [0.25, 0.3) is 0 Å². The molecule has 1 fully saturated rings. The van der Waals surface area contributed by atoms with Crippen LogP contribution in [0.15, 0.2) is 24.3 Å². The van der Waals surface area contributed by atoms with E-state index in [9.17, 15) is 14.9 Å². The van der Waals surface area contributed by atoms with Gasteiger partial charge in [-0.15, -0.1) is 0 Å². The minimum absolute atomic E-state index is 0.167. The largest absolute Gasteiger partial charge is 0.494 e. The van der Waals surface area contributed by atoms with Gasteiger partial charge in [0.05, 0.1) is 12.7 Å². The van der Waals surface area contributed by atoms with E-state index in [1.54, 1.807) is 0 Å². The number of para-hydroxylation sites is 1. The molecule has 0 aromatic heterocycles. The summed E-state index contributed by atoms with van der Waals surface area (Å²) in [5.41, 5.74) is 0.124. The summed E-state index contributed by atoms with van der Waals surface area (Å²) in [7, 11) is 0. The van der Waals surface area contributed by atoms with Crippen LogP contribution in [0.3, 0.4) is 0 Å². The maximum Gasteiger partial charge on any atom is 0.306 e. The zero-order chi connectivity index (χ0) is 18.8. The number of benzene rings is 1. The summed E-state index contributed by atoms with van der Waals surface area (Å²) in [5, 5.41) is 12.1. The molecule has 6 nitrogen and oxygen atoms in total. The summed E-state index contributed by atoms with van der Waals surface area (Å²) in [6.07, 6.45) is 4.88. The van der Waals surface area contributed by atoms with Gasteiger partial charge in [-0.05, 0) is 37.8 Å². The molecule has 1 aliphatic rings. The second-order valence-corrected chi connectivity index (χ2v) is 6.50. The molecular weight excluding hydrogens is 332 g/mol. The van der Waals surface area contributed by atoms with Crippen molar-refractivity contribution >= 4 is 11.9 Å². The van der Waals surface area contributed by atoms with E-state index < -0.39 is 17.4 Å². The van der Waals surface area contributed by atoms with Crippen LogP contribution < -0.4 is 10.1 Å². The number of hydrogen-bond donors (Lipinski definition) is 1. The summed E-state index contributed by atoms with van der Waals surface area (Å²) in [6, 6.07) is 9.76. The second kappa shape index (κ2) is 9.81. The Morgan fingerprint density at radius 3 is 2.65 bits per heavy atom. The molecule has 1 saturated carbocycles. The summed E-state index contributed by atoms with van der Waals surface area (Å²) >= 11 is 0. The van der Waals surface area contributed by atoms with Gasteiger partial charge in [-0.1, -0.05) is 37.5 Å². The first-order chi connectivity index (χ1) is 12.6. The van der Waals surface area contributed by atoms with Crippen molar-refractivity contribution in [1.29, 1.82) is 5.26 Å². The molecule has 0 atom stereocenters. The summed E-state index contributed by atoms with van der Waals surface area (Å²) < 4.78 is 10.6. The van der Waals surface area contributed by atoms with Crippen LogP contribution in [0, 0.1) is 11.3 Å². The molecule has 0 saturated heterocycles. The summed E-state index contributed by atoms with van der Waals surface area (Å²) in [4.78, 5) is 24.0. The molecule has 1 N–H and O–H groups in total. The lowest BCUT2D eigenvalue weighted by atomic mass is 9.83. The lowest BCUT2D eigenvalue weighted by Crippen LogP contribution is -2.50. The molecule has 26 heavy (non-hydrogen) atoms. The predicted molar refractivity (Wildman–Crippen MR) is 96.5 cm³/mol. The first-order valence-corrected chi connectivity index (χ1v) is 9.17. The Morgan fingerprint density at radius 1 is 1.23 bits per heavy atom. The van der Waals surface area contributed by atoms with Gasteiger partial charge in [0.15, 0.2) is 6.61 Å². The first-order valence-electron chi connectivity index (χ1n) is 9.17. The van der Waals surface area contributed by atoms with E-state index in [0.29, 0.717) is 25.9 Å². The van der Waals surface area contributed by atoms with Crippen LogP contribution in [0.4, 0.5) is 0 Å². The number of carbonyl (C=O) groups is 2. The smallest absolute Gasteiger partial charge is 0.306 e. The fourth-order valence-electron chi connectivity index (χ4n) is 3.18. The molecule has 1 aromatic carbocycles. The van der Waals surface area contributed by atoms with E-state index in [-0.39, 0.29) is 13.0 Å². The number of amides is 1. The third-order valence-electron chi connectivity index (χ3n) is 4.53. The van der Waals surface area contributed by atoms with Gasteiger partial charge in [0.1, 0.15) is 11.3 Å². The normalized spacial score (nSPS) is 15.5. The summed E-state index contributed by atoms with van der Waals surface area (Å²) in [6.45, 7) is 2.11. The predicted octanol–water partition coefficient (Wildman–Crippen LogP) is 2.90. The molecule has 0 radical (unpaired) electrons. The maximum absolute atomic E-state index is 12.0. The number of esters is 1. The van der Waals surface area contributed by atoms with Crippen molar-refractivity contribution < 1.29 is 19.1 Å². The number of hydrogen-bond acceptors (Lipinski definition) is 5. The Balaban J connectivity index is 1.76. The van der Waals surface area contributed by atoms with Crippen LogP contribution in [-0.2, 0) is 20.7 Å². The Hall–Kier alpha value is -2.55. The average molecular weight is 358 g/mol. The zero-order valence-corrected chi connectivity index (χ0v) is 15.3. The summed E-state index contributed by atoms with van der Waals surface area (Å²) in [5.74, 6) is -0.105. The lowest BCUT2D eigenvalue weighted by molar-refractivity contribution is -0.149. The Morgan fingerprint density at radius 2 is 1.96 bits per heavy atom. The van der Waals surface area contributed by atoms with E-state index in [1.165, 1.54) is 0 Å². The van der Waals surface area contributed by atoms with Gasteiger partial charge in [0.25, 0.3) is 5.91 Å². The number of ether oxygens (including phenoxy) is 2. The number of rotatable bonds is 8. The maximum atomic E-state index is 12.0. The topological polar surface area (TPSA) is 88.4 Å². The van der Waals surface area contributed by atoms with Gasteiger partial charge in [-0.2, -0.15) is 5.26 Å². The average Bonchev–Trinajstić information content (AvgIpc) is 2.66. The molecule has 0 unspecified atom stereocenters. The van der Waals surface area contributed by atoms with E-state index >= 15 is 0 Å². The minimum atomic E-state index is -0.807. The minimum Gasteiger partial charge on any atom is -0.494 e. The van der Waals surface area contributed by atoms with Gasteiger partial charge in [0.2, 0.25) is 0 Å². The molecule has 0 heterocycles. The SMILES string of the molecule is CCOc1ccccc1CCC(=O)OCC(=O)NC1(C#N)CCCCC1. The highest BCUT2D eigenvalue weighted by molar-refractivity contribution is 5.81. The standard InChI is InChI=1S/C20H26N2O4/c1-2-25-17-9-5-4-8-16(17)10-11-19(24)26-14-18(23)22-20(15-21)12-6-3-7-13-20/h4-5,8-9H,2-3,6-7,10-14H2,1H3,(H,22,23). The third-order valence-corrected chi connectivity index (χ3v) is 4.53. The first kappa shape index (κ1) is 19.8. The highest BCUT2D eigenvalue weighted by atomic mass is 16.5. The van der Waals surface area contributed by atoms with Gasteiger partial charge in [0, 0.05) is 6.42 Å². The number of nitrogens with zero attached hydrogens (tertiary/aromatic N) is 1. The fourth-order valence-corrected chi connectivity index (χ4v) is 3.18. The van der Waals surface area contributed by atoms with Crippen molar-refractivity contribution in [2.45, 2.75) is 57.4 Å². The van der Waals surface area contributed by atoms with Crippen LogP contribution in [-0.4, -0.2) is 30.6 Å². The van der Waals surface area contributed by atoms with Crippen LogP contribution in [0.1, 0.15) is 51.0 Å². The van der Waals surface area contributed by atoms with Gasteiger partial charge >= 0.3 is 5.97 Å². The Bertz CT molecular complexity index is 660. The van der Waals surface area contributed by atoms with Gasteiger partial charge in [-0.25, -0.2) is 0 Å². The zero-order valence-electron chi connectivity index (χ0n) is 15.3. The second-order valence-electron chi connectivity index (χ2n) is 6.50. The Labute approximate surface area is 154 Å². The monoisotopic (exact) mass is 358 g/mol. The molecule has 0 spiro atoms. The van der Waals surface area contributed by atoms with Gasteiger partial charge < -0.3 is 14.8 Å². The van der Waals surface area contributed by atoms with Crippen molar-refractivity contribution in [3.8, 4) is 11.8 Å². The molecular formula is C20H26N2O4. The quantitative estimate of drug-likeness (QED) is 0.722. The molecule has 1 amide bonds. The van der Waals surface area contributed by atoms with Crippen LogP contribution >= 0.6 is 0 Å². The van der Waals surface area contributed by atoms with E-state index in [0.717, 1.165) is 30.6 Å². The molecule has 2 rings (SSSR count). The third kappa shape index (κ3) is 5.76. The number of nitriles is 1. The molecule has 1 aromatic rings. The fraction of sp³-hybridized carbons (Fsp3) is 0.550.